The van der Waals surface area contributed by atoms with E-state index in [0.29, 0.717) is 30.8 Å². The van der Waals surface area contributed by atoms with Gasteiger partial charge in [-0.1, -0.05) is 20.3 Å². The monoisotopic (exact) mass is 212 g/mol. The van der Waals surface area contributed by atoms with Crippen LogP contribution in [0.2, 0.25) is 0 Å². The summed E-state index contributed by atoms with van der Waals surface area (Å²) in [6.45, 7) is 5.59. The molecule has 0 aromatic carbocycles. The van der Waals surface area contributed by atoms with Crippen LogP contribution in [-0.4, -0.2) is 29.9 Å². The molecule has 3 heteroatoms. The third-order valence-corrected chi connectivity index (χ3v) is 3.43. The molecule has 0 saturated heterocycles. The Balaban J connectivity index is 2.43. The first-order valence-corrected chi connectivity index (χ1v) is 6.18. The van der Waals surface area contributed by atoms with Crippen LogP contribution in [-0.2, 0) is 4.79 Å². The topological polar surface area (TPSA) is 46.3 Å². The van der Waals surface area contributed by atoms with Crippen molar-refractivity contribution in [3.63, 3.8) is 0 Å². The Hall–Kier alpha value is -0.570. The molecule has 0 aromatic heterocycles. The van der Waals surface area contributed by atoms with Crippen molar-refractivity contribution < 1.29 is 4.79 Å². The van der Waals surface area contributed by atoms with Gasteiger partial charge in [0.2, 0.25) is 5.91 Å². The second-order valence-electron chi connectivity index (χ2n) is 4.68. The van der Waals surface area contributed by atoms with Gasteiger partial charge in [0.25, 0.3) is 0 Å². The molecule has 1 unspecified atom stereocenters. The van der Waals surface area contributed by atoms with Crippen LogP contribution in [0.4, 0.5) is 0 Å². The molecule has 1 saturated carbocycles. The van der Waals surface area contributed by atoms with Gasteiger partial charge in [-0.25, -0.2) is 0 Å². The van der Waals surface area contributed by atoms with Crippen LogP contribution in [0.25, 0.3) is 0 Å². The van der Waals surface area contributed by atoms with E-state index in [4.69, 9.17) is 5.73 Å². The standard InChI is InChI=1S/C12H24N2O/c1-3-10(2)9-12(15)14(8-7-13)11-5-4-6-11/h10-11H,3-9,13H2,1-2H3. The number of carbonyl (C=O) groups excluding carboxylic acids is 1. The van der Waals surface area contributed by atoms with Gasteiger partial charge < -0.3 is 10.6 Å². The van der Waals surface area contributed by atoms with Crippen LogP contribution in [0.5, 0.6) is 0 Å². The maximum Gasteiger partial charge on any atom is 0.223 e. The number of hydrogen-bond acceptors (Lipinski definition) is 2. The summed E-state index contributed by atoms with van der Waals surface area (Å²) in [5, 5.41) is 0. The lowest BCUT2D eigenvalue weighted by molar-refractivity contribution is -0.136. The van der Waals surface area contributed by atoms with Crippen molar-refractivity contribution in [2.75, 3.05) is 13.1 Å². The van der Waals surface area contributed by atoms with Crippen molar-refractivity contribution in [1.82, 2.24) is 4.90 Å². The highest BCUT2D eigenvalue weighted by Gasteiger charge is 2.28. The fourth-order valence-electron chi connectivity index (χ4n) is 1.91. The summed E-state index contributed by atoms with van der Waals surface area (Å²) in [7, 11) is 0. The zero-order chi connectivity index (χ0) is 11.3. The van der Waals surface area contributed by atoms with Crippen LogP contribution in [0, 0.1) is 5.92 Å². The average Bonchev–Trinajstić information content (AvgIpc) is 2.14. The molecule has 1 aliphatic carbocycles. The lowest BCUT2D eigenvalue weighted by Gasteiger charge is -2.38. The maximum absolute atomic E-state index is 12.0. The molecular formula is C12H24N2O. The minimum Gasteiger partial charge on any atom is -0.338 e. The molecule has 1 fully saturated rings. The van der Waals surface area contributed by atoms with Crippen molar-refractivity contribution in [2.45, 2.75) is 52.0 Å². The van der Waals surface area contributed by atoms with E-state index in [1.807, 2.05) is 4.90 Å². The van der Waals surface area contributed by atoms with Gasteiger partial charge in [-0.15, -0.1) is 0 Å². The summed E-state index contributed by atoms with van der Waals surface area (Å²) in [4.78, 5) is 14.0. The Kier molecular flexibility index (Phi) is 5.09. The predicted octanol–water partition coefficient (Wildman–Crippen LogP) is 1.76. The summed E-state index contributed by atoms with van der Waals surface area (Å²) in [5.41, 5.74) is 5.55. The first-order valence-electron chi connectivity index (χ1n) is 6.18. The number of amides is 1. The van der Waals surface area contributed by atoms with E-state index in [1.54, 1.807) is 0 Å². The van der Waals surface area contributed by atoms with Gasteiger partial charge in [0, 0.05) is 25.6 Å². The third kappa shape index (κ3) is 3.49. The maximum atomic E-state index is 12.0. The number of nitrogens with zero attached hydrogens (tertiary/aromatic N) is 1. The number of nitrogens with two attached hydrogens (primary N) is 1. The van der Waals surface area contributed by atoms with Crippen molar-refractivity contribution in [3.05, 3.63) is 0 Å². The highest BCUT2D eigenvalue weighted by molar-refractivity contribution is 5.76. The molecule has 88 valence electrons. The molecule has 1 amide bonds. The first kappa shape index (κ1) is 12.5. The van der Waals surface area contributed by atoms with E-state index in [1.165, 1.54) is 19.3 Å². The smallest absolute Gasteiger partial charge is 0.223 e. The molecule has 0 aromatic rings. The Labute approximate surface area is 93.0 Å². The molecule has 0 heterocycles. The van der Waals surface area contributed by atoms with Gasteiger partial charge in [-0.3, -0.25) is 4.79 Å². The highest BCUT2D eigenvalue weighted by Crippen LogP contribution is 2.25. The molecular weight excluding hydrogens is 188 g/mol. The summed E-state index contributed by atoms with van der Waals surface area (Å²) in [6, 6.07) is 0.491. The predicted molar refractivity (Wildman–Crippen MR) is 62.5 cm³/mol. The minimum absolute atomic E-state index is 0.305. The molecule has 15 heavy (non-hydrogen) atoms. The average molecular weight is 212 g/mol. The van der Waals surface area contributed by atoms with Crippen LogP contribution < -0.4 is 5.73 Å². The van der Waals surface area contributed by atoms with Gasteiger partial charge in [-0.2, -0.15) is 0 Å². The van der Waals surface area contributed by atoms with Gasteiger partial charge in [0.05, 0.1) is 0 Å². The molecule has 1 rings (SSSR count). The Bertz CT molecular complexity index is 202. The molecule has 0 aliphatic heterocycles. The second-order valence-corrected chi connectivity index (χ2v) is 4.68. The van der Waals surface area contributed by atoms with E-state index in [9.17, 15) is 4.79 Å². The minimum atomic E-state index is 0.305. The van der Waals surface area contributed by atoms with Crippen LogP contribution in [0.1, 0.15) is 46.0 Å². The molecule has 1 aliphatic rings. The van der Waals surface area contributed by atoms with Crippen LogP contribution in [0.3, 0.4) is 0 Å². The lowest BCUT2D eigenvalue weighted by Crippen LogP contribution is -2.46. The van der Waals surface area contributed by atoms with E-state index in [0.717, 1.165) is 13.0 Å². The summed E-state index contributed by atoms with van der Waals surface area (Å²) >= 11 is 0. The van der Waals surface area contributed by atoms with Crippen LogP contribution in [0.15, 0.2) is 0 Å². The SMILES string of the molecule is CCC(C)CC(=O)N(CCN)C1CCC1. The molecule has 0 radical (unpaired) electrons. The van der Waals surface area contributed by atoms with Crippen LogP contribution >= 0.6 is 0 Å². The quantitative estimate of drug-likeness (QED) is 0.729. The Morgan fingerprint density at radius 3 is 2.60 bits per heavy atom. The van der Waals surface area contributed by atoms with Crippen molar-refractivity contribution >= 4 is 5.91 Å². The Morgan fingerprint density at radius 2 is 2.20 bits per heavy atom. The fraction of sp³-hybridized carbons (Fsp3) is 0.917. The number of rotatable bonds is 6. The number of carbonyl (C=O) groups is 1. The second kappa shape index (κ2) is 6.11. The molecule has 1 atom stereocenters. The van der Waals surface area contributed by atoms with E-state index >= 15 is 0 Å². The molecule has 0 bridgehead atoms. The van der Waals surface area contributed by atoms with Crippen molar-refractivity contribution in [1.29, 1.82) is 0 Å². The fourth-order valence-corrected chi connectivity index (χ4v) is 1.91. The zero-order valence-electron chi connectivity index (χ0n) is 10.0. The van der Waals surface area contributed by atoms with Gasteiger partial charge in [-0.05, 0) is 25.2 Å². The zero-order valence-corrected chi connectivity index (χ0v) is 10.0. The highest BCUT2D eigenvalue weighted by atomic mass is 16.2. The largest absolute Gasteiger partial charge is 0.338 e. The molecule has 2 N–H and O–H groups in total. The molecule has 3 nitrogen and oxygen atoms in total. The van der Waals surface area contributed by atoms with Crippen molar-refractivity contribution in [2.24, 2.45) is 11.7 Å². The summed E-state index contributed by atoms with van der Waals surface area (Å²) in [6.07, 6.45) is 5.38. The van der Waals surface area contributed by atoms with E-state index in [-0.39, 0.29) is 0 Å². The van der Waals surface area contributed by atoms with Gasteiger partial charge >= 0.3 is 0 Å². The van der Waals surface area contributed by atoms with Gasteiger partial charge in [0.1, 0.15) is 0 Å². The normalized spacial score (nSPS) is 18.3. The first-order chi connectivity index (χ1) is 7.19. The Morgan fingerprint density at radius 1 is 1.53 bits per heavy atom. The van der Waals surface area contributed by atoms with Crippen molar-refractivity contribution in [3.8, 4) is 0 Å². The molecule has 0 spiro atoms. The summed E-state index contributed by atoms with van der Waals surface area (Å²) < 4.78 is 0. The number of hydrogen-bond donors (Lipinski definition) is 1. The van der Waals surface area contributed by atoms with Gasteiger partial charge in [0.15, 0.2) is 0 Å². The van der Waals surface area contributed by atoms with E-state index in [2.05, 4.69) is 13.8 Å². The third-order valence-electron chi connectivity index (χ3n) is 3.43. The van der Waals surface area contributed by atoms with E-state index < -0.39 is 0 Å². The lowest BCUT2D eigenvalue weighted by atomic mass is 9.90. The summed E-state index contributed by atoms with van der Waals surface area (Å²) in [5.74, 6) is 0.803.